The summed E-state index contributed by atoms with van der Waals surface area (Å²) >= 11 is 0. The Morgan fingerprint density at radius 1 is 1.00 bits per heavy atom. The monoisotopic (exact) mass is 327 g/mol. The first-order valence-corrected chi connectivity index (χ1v) is 9.11. The zero-order valence-electron chi connectivity index (χ0n) is 14.2. The molecule has 1 amide bonds. The highest BCUT2D eigenvalue weighted by Crippen LogP contribution is 2.42. The third-order valence-electron chi connectivity index (χ3n) is 4.04. The molecule has 3 unspecified atom stereocenters. The zero-order chi connectivity index (χ0) is 16.8. The lowest BCUT2D eigenvalue weighted by Gasteiger charge is -2.46. The number of anilines is 1. The van der Waals surface area contributed by atoms with E-state index in [-0.39, 0.29) is 17.6 Å². The minimum atomic E-state index is -0.0253. The van der Waals surface area contributed by atoms with Gasteiger partial charge in [-0.1, -0.05) is 69.7 Å². The molecule has 1 fully saturated rings. The van der Waals surface area contributed by atoms with E-state index in [9.17, 15) is 4.79 Å². The normalized spacial score (nSPS) is 19.7. The van der Waals surface area contributed by atoms with E-state index in [2.05, 4.69) is 52.6 Å². The van der Waals surface area contributed by atoms with Crippen LogP contribution < -0.4 is 4.90 Å². The van der Waals surface area contributed by atoms with Gasteiger partial charge in [-0.2, -0.15) is 0 Å². The summed E-state index contributed by atoms with van der Waals surface area (Å²) in [6.45, 7) is 6.18. The number of β-lactam (4-membered cyclic amide) rings is 1. The summed E-state index contributed by atoms with van der Waals surface area (Å²) in [6, 6.07) is 18.8. The van der Waals surface area contributed by atoms with Crippen LogP contribution in [-0.4, -0.2) is 11.6 Å². The Hall–Kier alpha value is -1.66. The van der Waals surface area contributed by atoms with Crippen LogP contribution in [0.4, 0.5) is 5.69 Å². The van der Waals surface area contributed by atoms with Crippen LogP contribution in [-0.2, 0) is 11.2 Å². The van der Waals surface area contributed by atoms with Crippen LogP contribution in [0, 0.1) is 0 Å². The maximum absolute atomic E-state index is 12.3. The van der Waals surface area contributed by atoms with Crippen molar-refractivity contribution in [2.75, 3.05) is 4.90 Å². The molecule has 2 aromatic rings. The second-order valence-corrected chi connectivity index (χ2v) is 6.22. The van der Waals surface area contributed by atoms with E-state index in [0.29, 0.717) is 0 Å². The fourth-order valence-electron chi connectivity index (χ4n) is 2.92. The van der Waals surface area contributed by atoms with Crippen molar-refractivity contribution in [3.05, 3.63) is 65.7 Å². The van der Waals surface area contributed by atoms with Crippen molar-refractivity contribution in [1.82, 2.24) is 0 Å². The summed E-state index contributed by atoms with van der Waals surface area (Å²) in [4.78, 5) is 14.2. The molecule has 0 aromatic heterocycles. The van der Waals surface area contributed by atoms with Gasteiger partial charge in [0.2, 0.25) is 5.91 Å². The minimum Gasteiger partial charge on any atom is -0.303 e. The molecule has 3 heteroatoms. The summed E-state index contributed by atoms with van der Waals surface area (Å²) in [5.41, 5.74) is 3.48. The van der Waals surface area contributed by atoms with Crippen molar-refractivity contribution < 1.29 is 4.79 Å². The molecule has 2 nitrogen and oxygen atoms in total. The number of amides is 1. The van der Waals surface area contributed by atoms with Crippen LogP contribution >= 0.6 is 9.24 Å². The molecule has 1 aliphatic heterocycles. The van der Waals surface area contributed by atoms with E-state index in [4.69, 9.17) is 0 Å². The highest BCUT2D eigenvalue weighted by molar-refractivity contribution is 7.20. The second-order valence-electron chi connectivity index (χ2n) is 5.51. The van der Waals surface area contributed by atoms with Crippen molar-refractivity contribution in [3.63, 3.8) is 0 Å². The Morgan fingerprint density at radius 3 is 2.17 bits per heavy atom. The summed E-state index contributed by atoms with van der Waals surface area (Å²) in [7, 11) is 2.68. The molecular formula is C20H26NOP. The molecule has 1 heterocycles. The second kappa shape index (κ2) is 8.26. The molecule has 1 saturated heterocycles. The van der Waals surface area contributed by atoms with E-state index in [1.807, 2.05) is 36.9 Å². The number of carbonyl (C=O) groups is 1. The fourth-order valence-corrected chi connectivity index (χ4v) is 3.47. The number of aryl methyl sites for hydroxylation is 1. The molecule has 0 spiro atoms. The number of hydrogen-bond acceptors (Lipinski definition) is 1. The van der Waals surface area contributed by atoms with Crippen LogP contribution in [0.2, 0.25) is 0 Å². The van der Waals surface area contributed by atoms with Gasteiger partial charge in [-0.25, -0.2) is 0 Å². The third-order valence-corrected chi connectivity index (χ3v) is 4.68. The Balaban J connectivity index is 0.000000924. The number of carbonyl (C=O) groups excluding carboxylic acids is 1. The number of benzene rings is 2. The summed E-state index contributed by atoms with van der Waals surface area (Å²) in [5.74, 6) is 0.178. The molecule has 0 radical (unpaired) electrons. The lowest BCUT2D eigenvalue weighted by Crippen LogP contribution is -2.56. The van der Waals surface area contributed by atoms with Gasteiger partial charge in [0, 0.05) is 5.69 Å². The topological polar surface area (TPSA) is 20.3 Å². The van der Waals surface area contributed by atoms with Gasteiger partial charge in [0.15, 0.2) is 0 Å². The van der Waals surface area contributed by atoms with Crippen molar-refractivity contribution in [2.24, 2.45) is 0 Å². The zero-order valence-corrected chi connectivity index (χ0v) is 15.4. The van der Waals surface area contributed by atoms with E-state index in [1.54, 1.807) is 0 Å². The van der Waals surface area contributed by atoms with Gasteiger partial charge in [0.25, 0.3) is 0 Å². The molecule has 0 bridgehead atoms. The van der Waals surface area contributed by atoms with E-state index >= 15 is 0 Å². The van der Waals surface area contributed by atoms with E-state index < -0.39 is 0 Å². The van der Waals surface area contributed by atoms with Gasteiger partial charge in [0.05, 0.1) is 11.7 Å². The summed E-state index contributed by atoms with van der Waals surface area (Å²) in [5, 5.41) is 0. The molecule has 122 valence electrons. The molecule has 1 aliphatic rings. The van der Waals surface area contributed by atoms with Gasteiger partial charge in [-0.3, -0.25) is 4.79 Å². The molecule has 3 rings (SSSR count). The van der Waals surface area contributed by atoms with Crippen molar-refractivity contribution in [1.29, 1.82) is 0 Å². The van der Waals surface area contributed by atoms with Gasteiger partial charge in [-0.05, 0) is 29.7 Å². The number of nitrogens with zero attached hydrogens (tertiary/aromatic N) is 1. The first-order valence-electron chi connectivity index (χ1n) is 8.45. The average Bonchev–Trinajstić information content (AvgIpc) is 2.62. The predicted molar refractivity (Wildman–Crippen MR) is 102 cm³/mol. The van der Waals surface area contributed by atoms with Gasteiger partial charge >= 0.3 is 0 Å². The first-order chi connectivity index (χ1) is 11.2. The van der Waals surface area contributed by atoms with Crippen molar-refractivity contribution in [3.8, 4) is 0 Å². The Bertz CT molecular complexity index is 624. The van der Waals surface area contributed by atoms with Gasteiger partial charge < -0.3 is 4.90 Å². The Kier molecular flexibility index (Phi) is 6.36. The molecule has 23 heavy (non-hydrogen) atoms. The van der Waals surface area contributed by atoms with Gasteiger partial charge in [0.1, 0.15) is 0 Å². The lowest BCUT2D eigenvalue weighted by molar-refractivity contribution is -0.123. The molecule has 3 atom stereocenters. The standard InChI is InChI=1S/C18H20NOP.C2H6/c1-2-6-13-9-11-15(12-10-13)19-16(17(21)18(19)20)14-7-4-3-5-8-14;1-2/h3-5,7-12,16-17H,2,6,21H2,1H3;1-2H3. The SMILES string of the molecule is CC.CCCc1ccc(N2C(=O)C(P)C2c2ccccc2)cc1. The van der Waals surface area contributed by atoms with Crippen LogP contribution in [0.25, 0.3) is 0 Å². The third kappa shape index (κ3) is 3.64. The largest absolute Gasteiger partial charge is 0.303 e. The minimum absolute atomic E-state index is 0.0253. The number of hydrogen-bond donors (Lipinski definition) is 0. The van der Waals surface area contributed by atoms with Crippen molar-refractivity contribution in [2.45, 2.75) is 45.3 Å². The van der Waals surface area contributed by atoms with Crippen LogP contribution in [0.1, 0.15) is 44.4 Å². The molecule has 0 saturated carbocycles. The highest BCUT2D eigenvalue weighted by atomic mass is 31.0. The maximum Gasteiger partial charge on any atom is 0.236 e. The van der Waals surface area contributed by atoms with E-state index in [1.165, 1.54) is 11.1 Å². The Morgan fingerprint density at radius 2 is 1.61 bits per heavy atom. The average molecular weight is 327 g/mol. The van der Waals surface area contributed by atoms with E-state index in [0.717, 1.165) is 18.5 Å². The quantitative estimate of drug-likeness (QED) is 0.572. The van der Waals surface area contributed by atoms with Crippen molar-refractivity contribution >= 4 is 20.8 Å². The molecule has 0 N–H and O–H groups in total. The van der Waals surface area contributed by atoms with Crippen LogP contribution in [0.5, 0.6) is 0 Å². The first kappa shape index (κ1) is 17.7. The number of rotatable bonds is 4. The molecule has 0 aliphatic carbocycles. The predicted octanol–water partition coefficient (Wildman–Crippen LogP) is 5.00. The fraction of sp³-hybridized carbons (Fsp3) is 0.350. The molecular weight excluding hydrogens is 301 g/mol. The summed E-state index contributed by atoms with van der Waals surface area (Å²) in [6.07, 6.45) is 2.23. The Labute approximate surface area is 142 Å². The molecule has 2 aromatic carbocycles. The van der Waals surface area contributed by atoms with Gasteiger partial charge in [-0.15, -0.1) is 9.24 Å². The lowest BCUT2D eigenvalue weighted by atomic mass is 9.92. The summed E-state index contributed by atoms with van der Waals surface area (Å²) < 4.78 is 0. The smallest absolute Gasteiger partial charge is 0.236 e. The highest BCUT2D eigenvalue weighted by Gasteiger charge is 2.45. The maximum atomic E-state index is 12.3. The van der Waals surface area contributed by atoms with Crippen LogP contribution in [0.3, 0.4) is 0 Å². The van der Waals surface area contributed by atoms with Crippen LogP contribution in [0.15, 0.2) is 54.6 Å².